The average molecular weight is 414 g/mol. The van der Waals surface area contributed by atoms with Gasteiger partial charge in [0.1, 0.15) is 0 Å². The maximum absolute atomic E-state index is 13.9. The van der Waals surface area contributed by atoms with Gasteiger partial charge in [-0.15, -0.1) is 0 Å². The molecule has 1 aromatic heterocycles. The van der Waals surface area contributed by atoms with Gasteiger partial charge in [-0.3, -0.25) is 14.6 Å². The third kappa shape index (κ3) is 3.84. The molecule has 0 radical (unpaired) electrons. The molecule has 0 bridgehead atoms. The van der Waals surface area contributed by atoms with Crippen LogP contribution in [0, 0.1) is 5.82 Å². The van der Waals surface area contributed by atoms with Gasteiger partial charge in [0.05, 0.1) is 12.6 Å². The van der Waals surface area contributed by atoms with Crippen LogP contribution in [0.4, 0.5) is 15.8 Å². The Bertz CT molecular complexity index is 1160. The number of nitrogens with one attached hydrogen (secondary N) is 2. The number of benzene rings is 2. The summed E-state index contributed by atoms with van der Waals surface area (Å²) in [6.07, 6.45) is 0. The highest BCUT2D eigenvalue weighted by Crippen LogP contribution is 2.24. The molecule has 1 fully saturated rings. The number of amides is 2. The number of fused-ring (bicyclic) bond motifs is 1. The Morgan fingerprint density at radius 3 is 2.60 bits per heavy atom. The molecule has 1 aliphatic heterocycles. The van der Waals surface area contributed by atoms with Crippen molar-refractivity contribution < 1.29 is 23.1 Å². The minimum Gasteiger partial charge on any atom is -0.494 e. The molecular weight excluding hydrogens is 395 g/mol. The van der Waals surface area contributed by atoms with E-state index in [1.165, 1.54) is 24.1 Å². The first-order valence-electron chi connectivity index (χ1n) is 9.26. The highest BCUT2D eigenvalue weighted by Gasteiger charge is 2.26. The van der Waals surface area contributed by atoms with E-state index in [0.29, 0.717) is 43.1 Å². The molecule has 2 aromatic carbocycles. The molecule has 156 valence electrons. The van der Waals surface area contributed by atoms with E-state index in [1.54, 1.807) is 24.3 Å². The quantitative estimate of drug-likeness (QED) is 0.630. The number of H-pyrrole nitrogens is 1. The van der Waals surface area contributed by atoms with E-state index < -0.39 is 23.4 Å². The Kier molecular flexibility index (Phi) is 5.13. The van der Waals surface area contributed by atoms with E-state index in [9.17, 15) is 18.8 Å². The molecule has 4 rings (SSSR count). The predicted octanol–water partition coefficient (Wildman–Crippen LogP) is 1.56. The fourth-order valence-corrected chi connectivity index (χ4v) is 3.37. The number of methoxy groups -OCH3 is 1. The van der Waals surface area contributed by atoms with E-state index in [0.717, 1.165) is 0 Å². The molecule has 9 nitrogen and oxygen atoms in total. The van der Waals surface area contributed by atoms with Crippen LogP contribution in [0.3, 0.4) is 0 Å². The Labute approximate surface area is 170 Å². The van der Waals surface area contributed by atoms with Gasteiger partial charge in [-0.05, 0) is 24.3 Å². The number of anilines is 2. The highest BCUT2D eigenvalue weighted by atomic mass is 19.1. The van der Waals surface area contributed by atoms with Crippen LogP contribution in [0.5, 0.6) is 5.75 Å². The van der Waals surface area contributed by atoms with Crippen LogP contribution < -0.4 is 20.7 Å². The van der Waals surface area contributed by atoms with Gasteiger partial charge in [0, 0.05) is 49.7 Å². The Morgan fingerprint density at radius 2 is 1.90 bits per heavy atom. The van der Waals surface area contributed by atoms with Gasteiger partial charge in [-0.1, -0.05) is 0 Å². The van der Waals surface area contributed by atoms with Crippen LogP contribution in [-0.2, 0) is 9.59 Å². The molecule has 30 heavy (non-hydrogen) atoms. The molecule has 0 aliphatic carbocycles. The molecule has 1 saturated heterocycles. The molecule has 0 spiro atoms. The van der Waals surface area contributed by atoms with Crippen molar-refractivity contribution in [3.05, 3.63) is 52.8 Å². The van der Waals surface area contributed by atoms with Crippen LogP contribution >= 0.6 is 0 Å². The summed E-state index contributed by atoms with van der Waals surface area (Å²) in [6.45, 7) is 1.58. The minimum absolute atomic E-state index is 0.168. The molecule has 2 N–H and O–H groups in total. The Balaban J connectivity index is 1.36. The number of carbonyl (C=O) groups is 2. The van der Waals surface area contributed by atoms with Crippen LogP contribution in [-0.4, -0.2) is 55.0 Å². The third-order valence-corrected chi connectivity index (χ3v) is 4.94. The predicted molar refractivity (Wildman–Crippen MR) is 107 cm³/mol. The molecule has 2 amide bonds. The second-order valence-electron chi connectivity index (χ2n) is 6.78. The average Bonchev–Trinajstić information content (AvgIpc) is 3.12. The van der Waals surface area contributed by atoms with Crippen molar-refractivity contribution in [1.29, 1.82) is 0 Å². The van der Waals surface area contributed by atoms with Crippen molar-refractivity contribution in [2.24, 2.45) is 0 Å². The largest absolute Gasteiger partial charge is 0.494 e. The van der Waals surface area contributed by atoms with Crippen LogP contribution in [0.25, 0.3) is 11.1 Å². The van der Waals surface area contributed by atoms with Crippen molar-refractivity contribution in [2.75, 3.05) is 43.5 Å². The lowest BCUT2D eigenvalue weighted by atomic mass is 10.2. The first-order valence-corrected chi connectivity index (χ1v) is 9.26. The number of ether oxygens (including phenoxy) is 1. The molecule has 3 aromatic rings. The molecule has 0 saturated carbocycles. The SMILES string of the molecule is COc1ccc(N2CCN(C(=O)C(=O)Nc3ccc4[nH]c(=O)oc4c3)CC2)cc1F. The zero-order valence-corrected chi connectivity index (χ0v) is 16.1. The number of aromatic nitrogens is 1. The standard InChI is InChI=1S/C20H19FN4O5/c1-29-16-5-3-13(11-14(16)21)24-6-8-25(9-7-24)19(27)18(26)22-12-2-4-15-17(10-12)30-20(28)23-15/h2-5,10-11H,6-9H2,1H3,(H,22,26)(H,23,28). The van der Waals surface area contributed by atoms with Crippen LogP contribution in [0.2, 0.25) is 0 Å². The van der Waals surface area contributed by atoms with Crippen molar-refractivity contribution in [3.8, 4) is 5.75 Å². The number of hydrogen-bond acceptors (Lipinski definition) is 6. The second-order valence-corrected chi connectivity index (χ2v) is 6.78. The normalized spacial score (nSPS) is 14.1. The number of carbonyl (C=O) groups excluding carboxylic acids is 2. The van der Waals surface area contributed by atoms with Crippen molar-refractivity contribution in [1.82, 2.24) is 9.88 Å². The van der Waals surface area contributed by atoms with Crippen molar-refractivity contribution >= 4 is 34.3 Å². The lowest BCUT2D eigenvalue weighted by Crippen LogP contribution is -2.51. The first kappa shape index (κ1) is 19.5. The highest BCUT2D eigenvalue weighted by molar-refractivity contribution is 6.39. The number of aromatic amines is 1. The van der Waals surface area contributed by atoms with Gasteiger partial charge in [0.25, 0.3) is 0 Å². The van der Waals surface area contributed by atoms with Crippen LogP contribution in [0.1, 0.15) is 0 Å². The number of piperazine rings is 1. The molecule has 2 heterocycles. The zero-order valence-electron chi connectivity index (χ0n) is 16.1. The van der Waals surface area contributed by atoms with Gasteiger partial charge >= 0.3 is 17.6 Å². The maximum atomic E-state index is 13.9. The summed E-state index contributed by atoms with van der Waals surface area (Å²) >= 11 is 0. The molecule has 1 aliphatic rings. The second kappa shape index (κ2) is 7.90. The van der Waals surface area contributed by atoms with Gasteiger partial charge in [-0.25, -0.2) is 9.18 Å². The van der Waals surface area contributed by atoms with E-state index in [2.05, 4.69) is 10.3 Å². The van der Waals surface area contributed by atoms with E-state index in [-0.39, 0.29) is 11.3 Å². The smallest absolute Gasteiger partial charge is 0.417 e. The lowest BCUT2D eigenvalue weighted by Gasteiger charge is -2.35. The summed E-state index contributed by atoms with van der Waals surface area (Å²) < 4.78 is 23.8. The summed E-state index contributed by atoms with van der Waals surface area (Å²) in [5.41, 5.74) is 1.81. The number of hydrogen-bond donors (Lipinski definition) is 2. The molecule has 0 atom stereocenters. The van der Waals surface area contributed by atoms with Crippen molar-refractivity contribution in [2.45, 2.75) is 0 Å². The number of nitrogens with zero attached hydrogens (tertiary/aromatic N) is 2. The zero-order chi connectivity index (χ0) is 21.3. The monoisotopic (exact) mass is 414 g/mol. The summed E-state index contributed by atoms with van der Waals surface area (Å²) in [6, 6.07) is 9.30. The fraction of sp³-hybridized carbons (Fsp3) is 0.250. The number of oxazole rings is 1. The van der Waals surface area contributed by atoms with Crippen molar-refractivity contribution in [3.63, 3.8) is 0 Å². The van der Waals surface area contributed by atoms with Crippen LogP contribution in [0.15, 0.2) is 45.6 Å². The lowest BCUT2D eigenvalue weighted by molar-refractivity contribution is -0.143. The van der Waals surface area contributed by atoms with Gasteiger partial charge < -0.3 is 24.3 Å². The topological polar surface area (TPSA) is 108 Å². The number of halogens is 1. The molecule has 0 unspecified atom stereocenters. The Morgan fingerprint density at radius 1 is 1.13 bits per heavy atom. The maximum Gasteiger partial charge on any atom is 0.417 e. The molecule has 10 heteroatoms. The van der Waals surface area contributed by atoms with Gasteiger partial charge in [-0.2, -0.15) is 0 Å². The summed E-state index contributed by atoms with van der Waals surface area (Å²) in [5.74, 6) is -2.33. The van der Waals surface area contributed by atoms with Gasteiger partial charge in [0.2, 0.25) is 0 Å². The Hall–Kier alpha value is -3.82. The fourth-order valence-electron chi connectivity index (χ4n) is 3.37. The summed E-state index contributed by atoms with van der Waals surface area (Å²) in [4.78, 5) is 41.9. The first-order chi connectivity index (χ1) is 14.4. The third-order valence-electron chi connectivity index (χ3n) is 4.94. The number of rotatable bonds is 3. The van der Waals surface area contributed by atoms with Gasteiger partial charge in [0.15, 0.2) is 17.1 Å². The van der Waals surface area contributed by atoms with E-state index in [4.69, 9.17) is 9.15 Å². The summed E-state index contributed by atoms with van der Waals surface area (Å²) in [5, 5.41) is 2.52. The minimum atomic E-state index is -0.781. The van der Waals surface area contributed by atoms with E-state index >= 15 is 0 Å². The summed E-state index contributed by atoms with van der Waals surface area (Å²) in [7, 11) is 1.40. The molecular formula is C20H19FN4O5. The van der Waals surface area contributed by atoms with E-state index in [1.807, 2.05) is 4.90 Å².